The van der Waals surface area contributed by atoms with Crippen LogP contribution in [-0.4, -0.2) is 54.7 Å². The number of aliphatic carboxylic acids is 1. The van der Waals surface area contributed by atoms with E-state index in [1.165, 1.54) is 6.08 Å². The number of urea groups is 1. The highest BCUT2D eigenvalue weighted by Gasteiger charge is 2.21. The van der Waals surface area contributed by atoms with E-state index in [2.05, 4.69) is 22.1 Å². The van der Waals surface area contributed by atoms with E-state index in [0.717, 1.165) is 19.5 Å². The van der Waals surface area contributed by atoms with Crippen molar-refractivity contribution in [2.45, 2.75) is 18.9 Å². The molecule has 6 nitrogen and oxygen atoms in total. The summed E-state index contributed by atoms with van der Waals surface area (Å²) in [5, 5.41) is 14.0. The molecule has 2 atom stereocenters. The van der Waals surface area contributed by atoms with Crippen molar-refractivity contribution in [3.63, 3.8) is 0 Å². The summed E-state index contributed by atoms with van der Waals surface area (Å²) in [6.07, 6.45) is 2.76. The van der Waals surface area contributed by atoms with Gasteiger partial charge in [0.2, 0.25) is 0 Å². The highest BCUT2D eigenvalue weighted by atomic mass is 16.4. The molecule has 1 heterocycles. The lowest BCUT2D eigenvalue weighted by atomic mass is 10.1. The van der Waals surface area contributed by atoms with Gasteiger partial charge in [0.15, 0.2) is 0 Å². The number of nitrogens with one attached hydrogen (secondary N) is 2. The average molecular weight is 255 g/mol. The topological polar surface area (TPSA) is 81.7 Å². The lowest BCUT2D eigenvalue weighted by Gasteiger charge is -2.15. The third-order valence-corrected chi connectivity index (χ3v) is 3.05. The van der Waals surface area contributed by atoms with Crippen LogP contribution in [0.15, 0.2) is 12.7 Å². The first-order valence-electron chi connectivity index (χ1n) is 6.09. The molecule has 1 aliphatic heterocycles. The van der Waals surface area contributed by atoms with Crippen LogP contribution in [0.25, 0.3) is 0 Å². The summed E-state index contributed by atoms with van der Waals surface area (Å²) in [6.45, 7) is 6.06. The standard InChI is InChI=1S/C12H21N3O3/c1-3-4-10(11(16)17)14-12(18)13-7-9-5-6-15(2)8-9/h3,9-10H,1,4-8H2,2H3,(H,16,17)(H2,13,14,18). The van der Waals surface area contributed by atoms with Crippen molar-refractivity contribution in [1.29, 1.82) is 0 Å². The minimum Gasteiger partial charge on any atom is -0.480 e. The molecule has 1 fully saturated rings. The number of carbonyl (C=O) groups is 2. The summed E-state index contributed by atoms with van der Waals surface area (Å²) in [5.41, 5.74) is 0. The Morgan fingerprint density at radius 2 is 2.33 bits per heavy atom. The molecule has 0 aromatic heterocycles. The Balaban J connectivity index is 2.27. The molecule has 0 spiro atoms. The quantitative estimate of drug-likeness (QED) is 0.595. The highest BCUT2D eigenvalue weighted by Crippen LogP contribution is 2.12. The monoisotopic (exact) mass is 255 g/mol. The molecule has 0 aromatic rings. The second-order valence-electron chi connectivity index (χ2n) is 4.69. The van der Waals surface area contributed by atoms with Crippen LogP contribution in [0.4, 0.5) is 4.79 Å². The zero-order valence-corrected chi connectivity index (χ0v) is 10.7. The molecule has 1 rings (SSSR count). The maximum absolute atomic E-state index is 11.5. The van der Waals surface area contributed by atoms with E-state index in [9.17, 15) is 9.59 Å². The van der Waals surface area contributed by atoms with Gasteiger partial charge in [0.1, 0.15) is 6.04 Å². The molecule has 2 amide bonds. The third-order valence-electron chi connectivity index (χ3n) is 3.05. The van der Waals surface area contributed by atoms with Gasteiger partial charge in [-0.3, -0.25) is 0 Å². The molecule has 0 bridgehead atoms. The van der Waals surface area contributed by atoms with E-state index >= 15 is 0 Å². The Hall–Kier alpha value is -1.56. The highest BCUT2D eigenvalue weighted by molar-refractivity contribution is 5.82. The van der Waals surface area contributed by atoms with Gasteiger partial charge < -0.3 is 20.6 Å². The van der Waals surface area contributed by atoms with Crippen molar-refractivity contribution in [3.8, 4) is 0 Å². The number of carbonyl (C=O) groups excluding carboxylic acids is 1. The van der Waals surface area contributed by atoms with Gasteiger partial charge in [-0.25, -0.2) is 9.59 Å². The number of rotatable bonds is 6. The van der Waals surface area contributed by atoms with E-state index in [-0.39, 0.29) is 6.42 Å². The first-order chi connectivity index (χ1) is 8.52. The fraction of sp³-hybridized carbons (Fsp3) is 0.667. The molecule has 0 radical (unpaired) electrons. The van der Waals surface area contributed by atoms with E-state index in [4.69, 9.17) is 5.11 Å². The van der Waals surface area contributed by atoms with E-state index < -0.39 is 18.0 Å². The predicted octanol–water partition coefficient (Wildman–Crippen LogP) is 0.267. The van der Waals surface area contributed by atoms with Crippen LogP contribution in [-0.2, 0) is 4.79 Å². The summed E-state index contributed by atoms with van der Waals surface area (Å²) in [5.74, 6) is -0.603. The zero-order valence-electron chi connectivity index (χ0n) is 10.7. The molecule has 6 heteroatoms. The molecular weight excluding hydrogens is 234 g/mol. The van der Waals surface area contributed by atoms with Crippen molar-refractivity contribution in [2.24, 2.45) is 5.92 Å². The van der Waals surface area contributed by atoms with Crippen molar-refractivity contribution in [2.75, 3.05) is 26.7 Å². The smallest absolute Gasteiger partial charge is 0.326 e. The lowest BCUT2D eigenvalue weighted by Crippen LogP contribution is -2.47. The van der Waals surface area contributed by atoms with Crippen molar-refractivity contribution in [1.82, 2.24) is 15.5 Å². The van der Waals surface area contributed by atoms with Crippen molar-refractivity contribution >= 4 is 12.0 Å². The molecular formula is C12H21N3O3. The molecule has 0 saturated carbocycles. The minimum absolute atomic E-state index is 0.217. The Bertz CT molecular complexity index is 320. The Kier molecular flexibility index (Phi) is 5.64. The SMILES string of the molecule is C=CCC(NC(=O)NCC1CCN(C)C1)C(=O)O. The van der Waals surface area contributed by atoms with E-state index in [0.29, 0.717) is 12.5 Å². The van der Waals surface area contributed by atoms with Gasteiger partial charge in [0, 0.05) is 13.1 Å². The van der Waals surface area contributed by atoms with Crippen LogP contribution in [0, 0.1) is 5.92 Å². The van der Waals surface area contributed by atoms with Gasteiger partial charge in [-0.1, -0.05) is 6.08 Å². The van der Waals surface area contributed by atoms with E-state index in [1.54, 1.807) is 0 Å². The first kappa shape index (κ1) is 14.5. The number of hydrogen-bond donors (Lipinski definition) is 3. The molecule has 18 heavy (non-hydrogen) atoms. The van der Waals surface area contributed by atoms with Crippen LogP contribution in [0.3, 0.4) is 0 Å². The van der Waals surface area contributed by atoms with Gasteiger partial charge in [0.25, 0.3) is 0 Å². The maximum Gasteiger partial charge on any atom is 0.326 e. The summed E-state index contributed by atoms with van der Waals surface area (Å²) < 4.78 is 0. The number of nitrogens with zero attached hydrogens (tertiary/aromatic N) is 1. The molecule has 0 aliphatic carbocycles. The average Bonchev–Trinajstić information content (AvgIpc) is 2.72. The molecule has 102 valence electrons. The van der Waals surface area contributed by atoms with E-state index in [1.807, 2.05) is 7.05 Å². The minimum atomic E-state index is -1.05. The molecule has 0 aromatic carbocycles. The van der Waals surface area contributed by atoms with Crippen LogP contribution < -0.4 is 10.6 Å². The second-order valence-corrected chi connectivity index (χ2v) is 4.69. The Morgan fingerprint density at radius 3 is 2.83 bits per heavy atom. The number of hydrogen-bond acceptors (Lipinski definition) is 3. The second kappa shape index (κ2) is 7.00. The predicted molar refractivity (Wildman–Crippen MR) is 68.4 cm³/mol. The fourth-order valence-electron chi connectivity index (χ4n) is 2.03. The van der Waals surface area contributed by atoms with Crippen LogP contribution in [0.1, 0.15) is 12.8 Å². The number of likely N-dealkylation sites (tertiary alicyclic amines) is 1. The molecule has 1 aliphatic rings. The maximum atomic E-state index is 11.5. The lowest BCUT2D eigenvalue weighted by molar-refractivity contribution is -0.139. The molecule has 2 unspecified atom stereocenters. The Labute approximate surface area is 107 Å². The van der Waals surface area contributed by atoms with Gasteiger partial charge in [-0.2, -0.15) is 0 Å². The van der Waals surface area contributed by atoms with Crippen molar-refractivity contribution < 1.29 is 14.7 Å². The number of carboxylic acid groups (broad SMARTS) is 1. The normalized spacial score (nSPS) is 21.3. The third kappa shape index (κ3) is 4.75. The fourth-order valence-corrected chi connectivity index (χ4v) is 2.03. The summed E-state index contributed by atoms with van der Waals surface area (Å²) in [7, 11) is 2.05. The largest absolute Gasteiger partial charge is 0.480 e. The number of amides is 2. The molecule has 1 saturated heterocycles. The van der Waals surface area contributed by atoms with Crippen molar-refractivity contribution in [3.05, 3.63) is 12.7 Å². The summed E-state index contributed by atoms with van der Waals surface area (Å²) in [4.78, 5) is 24.6. The molecule has 3 N–H and O–H groups in total. The number of carboxylic acids is 1. The summed E-state index contributed by atoms with van der Waals surface area (Å²) >= 11 is 0. The summed E-state index contributed by atoms with van der Waals surface area (Å²) in [6, 6.07) is -1.34. The van der Waals surface area contributed by atoms with Gasteiger partial charge >= 0.3 is 12.0 Å². The van der Waals surface area contributed by atoms with Gasteiger partial charge in [0.05, 0.1) is 0 Å². The zero-order chi connectivity index (χ0) is 13.5. The first-order valence-corrected chi connectivity index (χ1v) is 6.09. The van der Waals surface area contributed by atoms with Crippen LogP contribution in [0.2, 0.25) is 0 Å². The van der Waals surface area contributed by atoms with Gasteiger partial charge in [-0.15, -0.1) is 6.58 Å². The van der Waals surface area contributed by atoms with Crippen LogP contribution in [0.5, 0.6) is 0 Å². The Morgan fingerprint density at radius 1 is 1.61 bits per heavy atom. The van der Waals surface area contributed by atoms with Gasteiger partial charge in [-0.05, 0) is 32.4 Å². The van der Waals surface area contributed by atoms with Crippen LogP contribution >= 0.6 is 0 Å².